The zero-order valence-corrected chi connectivity index (χ0v) is 13.2. The monoisotopic (exact) mass is 267 g/mol. The van der Waals surface area contributed by atoms with Gasteiger partial charge in [-0.15, -0.1) is 0 Å². The van der Waals surface area contributed by atoms with E-state index in [2.05, 4.69) is 20.8 Å². The summed E-state index contributed by atoms with van der Waals surface area (Å²) < 4.78 is 0. The highest BCUT2D eigenvalue weighted by Gasteiger charge is 2.54. The van der Waals surface area contributed by atoms with E-state index in [0.717, 1.165) is 38.0 Å². The van der Waals surface area contributed by atoms with Crippen LogP contribution in [0, 0.1) is 16.7 Å². The highest BCUT2D eigenvalue weighted by atomic mass is 16.3. The number of hydrogen-bond donors (Lipinski definition) is 2. The van der Waals surface area contributed by atoms with Gasteiger partial charge in [-0.05, 0) is 43.4 Å². The van der Waals surface area contributed by atoms with Crippen molar-refractivity contribution in [2.24, 2.45) is 22.5 Å². The van der Waals surface area contributed by atoms with Crippen molar-refractivity contribution in [1.82, 2.24) is 0 Å². The lowest BCUT2D eigenvalue weighted by Crippen LogP contribution is -2.57. The Morgan fingerprint density at radius 3 is 2.47 bits per heavy atom. The van der Waals surface area contributed by atoms with E-state index in [-0.39, 0.29) is 10.8 Å². The van der Waals surface area contributed by atoms with Crippen LogP contribution in [0.4, 0.5) is 0 Å². The van der Waals surface area contributed by atoms with Gasteiger partial charge in [0.25, 0.3) is 0 Å². The molecule has 0 saturated heterocycles. The first-order chi connectivity index (χ1) is 8.86. The highest BCUT2D eigenvalue weighted by Crippen LogP contribution is 2.55. The van der Waals surface area contributed by atoms with Crippen LogP contribution in [-0.4, -0.2) is 17.3 Å². The standard InChI is InChI=1S/C17H33NO/c1-4-14-7-5-9-16(11-14,13-18)17(19)10-6-8-15(2,3)12-17/h14,19H,4-13,18H2,1-3H3. The molecule has 0 aliphatic heterocycles. The number of aliphatic hydroxyl groups is 1. The van der Waals surface area contributed by atoms with E-state index in [0.29, 0.717) is 6.54 Å². The van der Waals surface area contributed by atoms with Crippen molar-refractivity contribution in [3.05, 3.63) is 0 Å². The average molecular weight is 267 g/mol. The molecule has 3 atom stereocenters. The third-order valence-electron chi connectivity index (χ3n) is 6.12. The number of rotatable bonds is 3. The molecule has 2 rings (SSSR count). The van der Waals surface area contributed by atoms with Gasteiger partial charge in [0.05, 0.1) is 5.60 Å². The summed E-state index contributed by atoms with van der Waals surface area (Å²) in [6.45, 7) is 7.56. The van der Waals surface area contributed by atoms with Crippen molar-refractivity contribution in [2.45, 2.75) is 84.2 Å². The first kappa shape index (κ1) is 15.3. The molecule has 2 nitrogen and oxygen atoms in total. The number of nitrogens with two attached hydrogens (primary N) is 1. The second-order valence-corrected chi connectivity index (χ2v) is 8.08. The zero-order valence-electron chi connectivity index (χ0n) is 13.2. The van der Waals surface area contributed by atoms with Crippen LogP contribution in [0.1, 0.15) is 78.6 Å². The van der Waals surface area contributed by atoms with Crippen LogP contribution in [0.3, 0.4) is 0 Å². The van der Waals surface area contributed by atoms with Crippen molar-refractivity contribution >= 4 is 0 Å². The Morgan fingerprint density at radius 2 is 1.89 bits per heavy atom. The Bertz CT molecular complexity index is 314. The molecule has 0 aromatic carbocycles. The largest absolute Gasteiger partial charge is 0.389 e. The molecule has 19 heavy (non-hydrogen) atoms. The molecule has 3 unspecified atom stereocenters. The van der Waals surface area contributed by atoms with E-state index in [4.69, 9.17) is 5.73 Å². The van der Waals surface area contributed by atoms with Crippen molar-refractivity contribution in [3.8, 4) is 0 Å². The first-order valence-electron chi connectivity index (χ1n) is 8.29. The van der Waals surface area contributed by atoms with Gasteiger partial charge in [-0.25, -0.2) is 0 Å². The molecule has 0 spiro atoms. The molecule has 0 bridgehead atoms. The Hall–Kier alpha value is -0.0800. The van der Waals surface area contributed by atoms with E-state index in [1.807, 2.05) is 0 Å². The highest BCUT2D eigenvalue weighted by molar-refractivity contribution is 5.06. The Kier molecular flexibility index (Phi) is 4.32. The Morgan fingerprint density at radius 1 is 1.16 bits per heavy atom. The topological polar surface area (TPSA) is 46.2 Å². The van der Waals surface area contributed by atoms with Gasteiger partial charge in [0.15, 0.2) is 0 Å². The fourth-order valence-corrected chi connectivity index (χ4v) is 4.91. The van der Waals surface area contributed by atoms with Crippen molar-refractivity contribution in [1.29, 1.82) is 0 Å². The van der Waals surface area contributed by atoms with Crippen LogP contribution >= 0.6 is 0 Å². The molecular formula is C17H33NO. The van der Waals surface area contributed by atoms with Crippen molar-refractivity contribution < 1.29 is 5.11 Å². The summed E-state index contributed by atoms with van der Waals surface area (Å²) in [6.07, 6.45) is 10.4. The molecule has 3 N–H and O–H groups in total. The Labute approximate surface area is 119 Å². The summed E-state index contributed by atoms with van der Waals surface area (Å²) in [5, 5.41) is 11.4. The maximum absolute atomic E-state index is 11.4. The smallest absolute Gasteiger partial charge is 0.0721 e. The molecule has 2 fully saturated rings. The van der Waals surface area contributed by atoms with Crippen LogP contribution < -0.4 is 5.73 Å². The molecule has 2 aliphatic rings. The summed E-state index contributed by atoms with van der Waals surface area (Å²) in [6, 6.07) is 0. The molecule has 0 heterocycles. The van der Waals surface area contributed by atoms with Gasteiger partial charge >= 0.3 is 0 Å². The quantitative estimate of drug-likeness (QED) is 0.815. The molecular weight excluding hydrogens is 234 g/mol. The molecule has 2 saturated carbocycles. The van der Waals surface area contributed by atoms with Gasteiger partial charge in [-0.3, -0.25) is 0 Å². The van der Waals surface area contributed by atoms with Gasteiger partial charge < -0.3 is 10.8 Å². The predicted octanol–water partition coefficient (Wildman–Crippen LogP) is 3.86. The average Bonchev–Trinajstić information content (AvgIpc) is 2.37. The normalized spacial score (nSPS) is 43.1. The maximum atomic E-state index is 11.4. The van der Waals surface area contributed by atoms with Crippen LogP contribution in [0.15, 0.2) is 0 Å². The summed E-state index contributed by atoms with van der Waals surface area (Å²) >= 11 is 0. The third-order valence-corrected chi connectivity index (χ3v) is 6.12. The van der Waals surface area contributed by atoms with E-state index < -0.39 is 5.60 Å². The van der Waals surface area contributed by atoms with E-state index >= 15 is 0 Å². The predicted molar refractivity (Wildman–Crippen MR) is 80.9 cm³/mol. The van der Waals surface area contributed by atoms with Gasteiger partial charge in [-0.2, -0.15) is 0 Å². The molecule has 0 aromatic rings. The minimum Gasteiger partial charge on any atom is -0.389 e. The number of hydrogen-bond acceptors (Lipinski definition) is 2. The van der Waals surface area contributed by atoms with Gasteiger partial charge in [-0.1, -0.05) is 46.5 Å². The first-order valence-corrected chi connectivity index (χ1v) is 8.29. The van der Waals surface area contributed by atoms with E-state index in [9.17, 15) is 5.11 Å². The van der Waals surface area contributed by atoms with Crippen LogP contribution in [0.5, 0.6) is 0 Å². The summed E-state index contributed by atoms with van der Waals surface area (Å²) in [5.41, 5.74) is 5.95. The minimum absolute atomic E-state index is 0.0103. The van der Waals surface area contributed by atoms with Crippen LogP contribution in [-0.2, 0) is 0 Å². The molecule has 2 aliphatic carbocycles. The van der Waals surface area contributed by atoms with Crippen molar-refractivity contribution in [3.63, 3.8) is 0 Å². The zero-order chi connectivity index (χ0) is 14.1. The molecule has 112 valence electrons. The molecule has 2 heteroatoms. The van der Waals surface area contributed by atoms with Gasteiger partial charge in [0.1, 0.15) is 0 Å². The summed E-state index contributed by atoms with van der Waals surface area (Å²) in [7, 11) is 0. The summed E-state index contributed by atoms with van der Waals surface area (Å²) in [5.74, 6) is 0.770. The maximum Gasteiger partial charge on any atom is 0.0721 e. The fraction of sp³-hybridized carbons (Fsp3) is 1.00. The molecule has 0 amide bonds. The SMILES string of the molecule is CCC1CCCC(CN)(C2(O)CCCC(C)(C)C2)C1. The lowest BCUT2D eigenvalue weighted by atomic mass is 9.53. The van der Waals surface area contributed by atoms with Gasteiger partial charge in [0.2, 0.25) is 0 Å². The second-order valence-electron chi connectivity index (χ2n) is 8.08. The molecule has 0 aromatic heterocycles. The lowest BCUT2D eigenvalue weighted by molar-refractivity contribution is -0.152. The van der Waals surface area contributed by atoms with E-state index in [1.54, 1.807) is 0 Å². The minimum atomic E-state index is -0.517. The van der Waals surface area contributed by atoms with E-state index in [1.165, 1.54) is 25.7 Å². The third kappa shape index (κ3) is 2.85. The Balaban J connectivity index is 2.23. The van der Waals surface area contributed by atoms with Gasteiger partial charge in [0, 0.05) is 12.0 Å². The second kappa shape index (κ2) is 5.37. The molecule has 0 radical (unpaired) electrons. The van der Waals surface area contributed by atoms with Crippen molar-refractivity contribution in [2.75, 3.05) is 6.54 Å². The van der Waals surface area contributed by atoms with Crippen LogP contribution in [0.2, 0.25) is 0 Å². The summed E-state index contributed by atoms with van der Waals surface area (Å²) in [4.78, 5) is 0. The fourth-order valence-electron chi connectivity index (χ4n) is 4.91. The lowest BCUT2D eigenvalue weighted by Gasteiger charge is -2.55. The van der Waals surface area contributed by atoms with Crippen LogP contribution in [0.25, 0.3) is 0 Å².